The largest absolute Gasteiger partial charge is 0.494 e. The van der Waals surface area contributed by atoms with Gasteiger partial charge in [0.1, 0.15) is 12.4 Å². The Hall–Kier alpha value is -1.36. The molecular weight excluding hydrogens is 250 g/mol. The molecule has 1 atom stereocenters. The van der Waals surface area contributed by atoms with Crippen LogP contribution in [0.5, 0.6) is 5.75 Å². The van der Waals surface area contributed by atoms with Gasteiger partial charge in [-0.15, -0.1) is 0 Å². The molecule has 1 aromatic rings. The number of nitrogens with zero attached hydrogens (tertiary/aromatic N) is 1. The van der Waals surface area contributed by atoms with Crippen LogP contribution in [-0.4, -0.2) is 28.2 Å². The van der Waals surface area contributed by atoms with Gasteiger partial charge in [-0.05, 0) is 30.7 Å². The van der Waals surface area contributed by atoms with E-state index < -0.39 is 10.8 Å². The molecule has 0 fully saturated rings. The van der Waals surface area contributed by atoms with Gasteiger partial charge in [0.05, 0.1) is 23.2 Å². The smallest absolute Gasteiger partial charge is 0.173 e. The van der Waals surface area contributed by atoms with Crippen molar-refractivity contribution >= 4 is 15.8 Å². The number of hydrogen-bond acceptors (Lipinski definition) is 4. The Bertz CT molecular complexity index is 442. The van der Waals surface area contributed by atoms with Crippen molar-refractivity contribution in [1.82, 2.24) is 0 Å². The summed E-state index contributed by atoms with van der Waals surface area (Å²) in [7, 11) is -1.06. The minimum atomic E-state index is -1.06. The van der Waals surface area contributed by atoms with Crippen LogP contribution in [0.2, 0.25) is 0 Å². The van der Waals surface area contributed by atoms with E-state index in [9.17, 15) is 4.21 Å². The quantitative estimate of drug-likeness (QED) is 0.769. The van der Waals surface area contributed by atoms with Crippen LogP contribution in [0.4, 0.5) is 0 Å². The fourth-order valence-electron chi connectivity index (χ4n) is 1.57. The Morgan fingerprint density at radius 1 is 1.39 bits per heavy atom. The second-order valence-corrected chi connectivity index (χ2v) is 5.49. The van der Waals surface area contributed by atoms with Crippen molar-refractivity contribution in [2.75, 3.05) is 19.0 Å². The molecule has 0 bridgehead atoms. The molecule has 0 saturated heterocycles. The highest BCUT2D eigenvalue weighted by Crippen LogP contribution is 2.16. The van der Waals surface area contributed by atoms with Crippen LogP contribution in [-0.2, 0) is 15.6 Å². The lowest BCUT2D eigenvalue weighted by Crippen LogP contribution is -2.20. The molecule has 18 heavy (non-hydrogen) atoms. The maximum absolute atomic E-state index is 11.8. The minimum absolute atomic E-state index is 0.425. The van der Waals surface area contributed by atoms with Crippen molar-refractivity contribution in [2.24, 2.45) is 5.16 Å². The van der Waals surface area contributed by atoms with Gasteiger partial charge in [-0.1, -0.05) is 18.5 Å². The van der Waals surface area contributed by atoms with Crippen LogP contribution >= 0.6 is 0 Å². The number of ether oxygens (including phenoxy) is 1. The SMILES string of the molecule is CCCCOc1ccc(C2=NOCCS2=O)cc1. The first-order chi connectivity index (χ1) is 8.81. The zero-order valence-electron chi connectivity index (χ0n) is 10.4. The van der Waals surface area contributed by atoms with Crippen molar-refractivity contribution in [1.29, 1.82) is 0 Å². The Balaban J connectivity index is 2.03. The van der Waals surface area contributed by atoms with E-state index in [2.05, 4.69) is 12.1 Å². The summed E-state index contributed by atoms with van der Waals surface area (Å²) in [6.45, 7) is 3.28. The van der Waals surface area contributed by atoms with E-state index in [1.807, 2.05) is 24.3 Å². The standard InChI is InChI=1S/C13H17NO3S/c1-2-3-8-16-12-6-4-11(5-7-12)13-14-17-9-10-18(13)15/h4-7H,2-3,8-10H2,1H3. The molecule has 98 valence electrons. The summed E-state index contributed by atoms with van der Waals surface area (Å²) in [5.74, 6) is 1.34. The summed E-state index contributed by atoms with van der Waals surface area (Å²) in [5, 5.41) is 4.38. The van der Waals surface area contributed by atoms with Gasteiger partial charge < -0.3 is 9.57 Å². The summed E-state index contributed by atoms with van der Waals surface area (Å²) in [6, 6.07) is 7.48. The highest BCUT2D eigenvalue weighted by molar-refractivity contribution is 8.01. The summed E-state index contributed by atoms with van der Waals surface area (Å²) in [6.07, 6.45) is 2.16. The molecule has 5 heteroatoms. The zero-order chi connectivity index (χ0) is 12.8. The molecule has 0 amide bonds. The average Bonchev–Trinajstić information content (AvgIpc) is 2.41. The lowest BCUT2D eigenvalue weighted by Gasteiger charge is -2.12. The maximum atomic E-state index is 11.8. The van der Waals surface area contributed by atoms with Gasteiger partial charge in [-0.3, -0.25) is 4.21 Å². The molecule has 2 rings (SSSR count). The van der Waals surface area contributed by atoms with Gasteiger partial charge in [0.15, 0.2) is 5.04 Å². The summed E-state index contributed by atoms with van der Waals surface area (Å²) < 4.78 is 17.3. The second-order valence-electron chi connectivity index (χ2n) is 4.01. The molecule has 1 unspecified atom stereocenters. The number of hydrogen-bond donors (Lipinski definition) is 0. The third kappa shape index (κ3) is 3.32. The Morgan fingerprint density at radius 2 is 2.17 bits per heavy atom. The maximum Gasteiger partial charge on any atom is 0.173 e. The van der Waals surface area contributed by atoms with Gasteiger partial charge in [0.2, 0.25) is 0 Å². The van der Waals surface area contributed by atoms with Crippen LogP contribution in [0, 0.1) is 0 Å². The zero-order valence-corrected chi connectivity index (χ0v) is 11.2. The lowest BCUT2D eigenvalue weighted by atomic mass is 10.2. The van der Waals surface area contributed by atoms with Gasteiger partial charge in [-0.25, -0.2) is 0 Å². The van der Waals surface area contributed by atoms with Crippen LogP contribution < -0.4 is 4.74 Å². The molecule has 1 aliphatic rings. The highest BCUT2D eigenvalue weighted by atomic mass is 32.2. The predicted molar refractivity (Wildman–Crippen MR) is 72.3 cm³/mol. The van der Waals surface area contributed by atoms with Crippen LogP contribution in [0.3, 0.4) is 0 Å². The van der Waals surface area contributed by atoms with Crippen molar-refractivity contribution in [3.8, 4) is 5.75 Å². The second kappa shape index (κ2) is 6.54. The molecule has 1 heterocycles. The van der Waals surface area contributed by atoms with E-state index in [0.29, 0.717) is 17.4 Å². The monoisotopic (exact) mass is 267 g/mol. The minimum Gasteiger partial charge on any atom is -0.494 e. The normalized spacial score (nSPS) is 18.9. The number of rotatable bonds is 5. The van der Waals surface area contributed by atoms with E-state index in [1.165, 1.54) is 0 Å². The van der Waals surface area contributed by atoms with Gasteiger partial charge >= 0.3 is 0 Å². The summed E-state index contributed by atoms with van der Waals surface area (Å²) >= 11 is 0. The highest BCUT2D eigenvalue weighted by Gasteiger charge is 2.17. The number of oxime groups is 1. The van der Waals surface area contributed by atoms with Crippen molar-refractivity contribution in [3.63, 3.8) is 0 Å². The topological polar surface area (TPSA) is 47.9 Å². The third-order valence-electron chi connectivity index (χ3n) is 2.59. The lowest BCUT2D eigenvalue weighted by molar-refractivity contribution is 0.159. The van der Waals surface area contributed by atoms with Crippen LogP contribution in [0.25, 0.3) is 0 Å². The van der Waals surface area contributed by atoms with E-state index >= 15 is 0 Å². The van der Waals surface area contributed by atoms with Crippen LogP contribution in [0.1, 0.15) is 25.3 Å². The number of unbranched alkanes of at least 4 members (excludes halogenated alkanes) is 1. The molecule has 0 aliphatic carbocycles. The van der Waals surface area contributed by atoms with E-state index in [1.54, 1.807) is 0 Å². The summed E-state index contributed by atoms with van der Waals surface area (Å²) in [5.41, 5.74) is 0.830. The molecule has 1 aliphatic heterocycles. The Labute approximate surface area is 109 Å². The molecule has 1 aromatic carbocycles. The van der Waals surface area contributed by atoms with Crippen molar-refractivity contribution < 1.29 is 13.8 Å². The first-order valence-corrected chi connectivity index (χ1v) is 7.44. The molecule has 0 spiro atoms. The third-order valence-corrected chi connectivity index (χ3v) is 3.87. The van der Waals surface area contributed by atoms with Gasteiger partial charge in [0, 0.05) is 5.56 Å². The molecule has 0 N–H and O–H groups in total. The number of benzene rings is 1. The average molecular weight is 267 g/mol. The fourth-order valence-corrected chi connectivity index (χ4v) is 2.52. The Kier molecular flexibility index (Phi) is 4.75. The first kappa shape index (κ1) is 13.1. The van der Waals surface area contributed by atoms with Gasteiger partial charge in [-0.2, -0.15) is 0 Å². The molecule has 4 nitrogen and oxygen atoms in total. The molecule has 0 saturated carbocycles. The van der Waals surface area contributed by atoms with Gasteiger partial charge in [0.25, 0.3) is 0 Å². The van der Waals surface area contributed by atoms with Crippen molar-refractivity contribution in [3.05, 3.63) is 29.8 Å². The predicted octanol–water partition coefficient (Wildman–Crippen LogP) is 2.31. The summed E-state index contributed by atoms with van der Waals surface area (Å²) in [4.78, 5) is 4.98. The molecule has 0 aromatic heterocycles. The fraction of sp³-hybridized carbons (Fsp3) is 0.462. The van der Waals surface area contributed by atoms with E-state index in [4.69, 9.17) is 9.57 Å². The van der Waals surface area contributed by atoms with Crippen molar-refractivity contribution in [2.45, 2.75) is 19.8 Å². The molecular formula is C13H17NO3S. The van der Waals surface area contributed by atoms with E-state index in [0.717, 1.165) is 30.8 Å². The van der Waals surface area contributed by atoms with Crippen LogP contribution in [0.15, 0.2) is 29.4 Å². The molecule has 0 radical (unpaired) electrons. The first-order valence-electron chi connectivity index (χ1n) is 6.13. The van der Waals surface area contributed by atoms with E-state index in [-0.39, 0.29) is 0 Å². The Morgan fingerprint density at radius 3 is 2.83 bits per heavy atom.